The van der Waals surface area contributed by atoms with E-state index in [0.717, 1.165) is 26.1 Å². The van der Waals surface area contributed by atoms with E-state index < -0.39 is 10.8 Å². The standard InChI is InChI=1S/C13H18FNOS/c14-12-6-1-2-7-13(12)17(16)11-5-10-15-8-3-4-9-15/h1-2,6-7H,3-5,8-11H2. The van der Waals surface area contributed by atoms with Gasteiger partial charge in [0.05, 0.1) is 15.7 Å². The molecule has 0 bridgehead atoms. The van der Waals surface area contributed by atoms with Crippen LogP contribution in [0.1, 0.15) is 19.3 Å². The Kier molecular flexibility index (Phi) is 4.68. The molecule has 1 aliphatic rings. The first-order valence-electron chi connectivity index (χ1n) is 6.12. The van der Waals surface area contributed by atoms with Crippen LogP contribution in [0.4, 0.5) is 4.39 Å². The Morgan fingerprint density at radius 3 is 2.65 bits per heavy atom. The quantitative estimate of drug-likeness (QED) is 0.805. The SMILES string of the molecule is O=S(CCCN1CCCC1)c1ccccc1F. The minimum atomic E-state index is -1.20. The van der Waals surface area contributed by atoms with Crippen LogP contribution < -0.4 is 0 Å². The number of hydrogen-bond donors (Lipinski definition) is 0. The summed E-state index contributed by atoms with van der Waals surface area (Å²) in [5, 5.41) is 0. The number of likely N-dealkylation sites (tertiary alicyclic amines) is 1. The molecule has 2 nitrogen and oxygen atoms in total. The Morgan fingerprint density at radius 1 is 1.24 bits per heavy atom. The predicted octanol–water partition coefficient (Wildman–Crippen LogP) is 2.42. The lowest BCUT2D eigenvalue weighted by Gasteiger charge is -2.13. The monoisotopic (exact) mass is 255 g/mol. The van der Waals surface area contributed by atoms with Crippen LogP contribution in [0.25, 0.3) is 0 Å². The second kappa shape index (κ2) is 6.26. The third-order valence-electron chi connectivity index (χ3n) is 3.08. The first-order valence-corrected chi connectivity index (χ1v) is 7.44. The van der Waals surface area contributed by atoms with E-state index in [1.807, 2.05) is 0 Å². The summed E-state index contributed by atoms with van der Waals surface area (Å²) in [6.07, 6.45) is 3.42. The van der Waals surface area contributed by atoms with Gasteiger partial charge in [0.25, 0.3) is 0 Å². The highest BCUT2D eigenvalue weighted by Gasteiger charge is 2.13. The summed E-state index contributed by atoms with van der Waals surface area (Å²) < 4.78 is 25.3. The highest BCUT2D eigenvalue weighted by molar-refractivity contribution is 7.85. The van der Waals surface area contributed by atoms with Gasteiger partial charge >= 0.3 is 0 Å². The van der Waals surface area contributed by atoms with Crippen LogP contribution in [0.5, 0.6) is 0 Å². The number of benzene rings is 1. The molecule has 1 heterocycles. The number of hydrogen-bond acceptors (Lipinski definition) is 2. The van der Waals surface area contributed by atoms with E-state index in [1.165, 1.54) is 18.9 Å². The van der Waals surface area contributed by atoms with Crippen molar-refractivity contribution in [2.45, 2.75) is 24.2 Å². The number of nitrogens with zero attached hydrogens (tertiary/aromatic N) is 1. The lowest BCUT2D eigenvalue weighted by molar-refractivity contribution is 0.340. The molecule has 0 N–H and O–H groups in total. The molecule has 0 saturated carbocycles. The summed E-state index contributed by atoms with van der Waals surface area (Å²) >= 11 is 0. The van der Waals surface area contributed by atoms with E-state index in [9.17, 15) is 8.60 Å². The Hall–Kier alpha value is -0.740. The van der Waals surface area contributed by atoms with Crippen molar-refractivity contribution in [3.63, 3.8) is 0 Å². The van der Waals surface area contributed by atoms with Gasteiger partial charge in [-0.25, -0.2) is 4.39 Å². The van der Waals surface area contributed by atoms with Gasteiger partial charge in [-0.2, -0.15) is 0 Å². The number of rotatable bonds is 5. The molecule has 1 atom stereocenters. The predicted molar refractivity (Wildman–Crippen MR) is 68.0 cm³/mol. The molecule has 4 heteroatoms. The first kappa shape index (κ1) is 12.7. The molecule has 1 aliphatic heterocycles. The molecule has 1 aromatic carbocycles. The summed E-state index contributed by atoms with van der Waals surface area (Å²) in [6.45, 7) is 3.30. The second-order valence-corrected chi connectivity index (χ2v) is 5.92. The lowest BCUT2D eigenvalue weighted by Crippen LogP contribution is -2.21. The van der Waals surface area contributed by atoms with E-state index in [-0.39, 0.29) is 5.82 Å². The second-order valence-electron chi connectivity index (χ2n) is 4.38. The maximum absolute atomic E-state index is 13.4. The van der Waals surface area contributed by atoms with Crippen LogP contribution in [0.2, 0.25) is 0 Å². The smallest absolute Gasteiger partial charge is 0.139 e. The third-order valence-corrected chi connectivity index (χ3v) is 4.57. The normalized spacial score (nSPS) is 18.4. The minimum absolute atomic E-state index is 0.342. The van der Waals surface area contributed by atoms with Crippen molar-refractivity contribution in [2.75, 3.05) is 25.4 Å². The van der Waals surface area contributed by atoms with Gasteiger partial charge in [-0.3, -0.25) is 4.21 Å². The van der Waals surface area contributed by atoms with Crippen molar-refractivity contribution < 1.29 is 8.60 Å². The summed E-state index contributed by atoms with van der Waals surface area (Å²) in [4.78, 5) is 2.73. The van der Waals surface area contributed by atoms with Gasteiger partial charge in [0.15, 0.2) is 0 Å². The summed E-state index contributed by atoms with van der Waals surface area (Å²) in [7, 11) is -1.20. The molecule has 17 heavy (non-hydrogen) atoms. The maximum Gasteiger partial charge on any atom is 0.139 e. The van der Waals surface area contributed by atoms with Crippen LogP contribution in [0.15, 0.2) is 29.2 Å². The molecular weight excluding hydrogens is 237 g/mol. The van der Waals surface area contributed by atoms with Gasteiger partial charge in [-0.15, -0.1) is 0 Å². The Bertz CT molecular complexity index is 391. The summed E-state index contributed by atoms with van der Waals surface area (Å²) in [6, 6.07) is 6.34. The van der Waals surface area contributed by atoms with Gasteiger partial charge < -0.3 is 4.90 Å². The van der Waals surface area contributed by atoms with Crippen molar-refractivity contribution in [1.29, 1.82) is 0 Å². The fraction of sp³-hybridized carbons (Fsp3) is 0.538. The molecule has 0 aromatic heterocycles. The molecule has 1 unspecified atom stereocenters. The van der Waals surface area contributed by atoms with Gasteiger partial charge in [-0.05, 0) is 51.0 Å². The Balaban J connectivity index is 1.79. The average Bonchev–Trinajstić information content (AvgIpc) is 2.82. The first-order chi connectivity index (χ1) is 8.27. The molecule has 0 aliphatic carbocycles. The summed E-state index contributed by atoms with van der Waals surface area (Å²) in [5.41, 5.74) is 0. The van der Waals surface area contributed by atoms with E-state index in [4.69, 9.17) is 0 Å². The Morgan fingerprint density at radius 2 is 1.94 bits per heavy atom. The molecule has 0 spiro atoms. The van der Waals surface area contributed by atoms with Crippen LogP contribution >= 0.6 is 0 Å². The molecule has 2 rings (SSSR count). The zero-order chi connectivity index (χ0) is 12.1. The molecular formula is C13H18FNOS. The van der Waals surface area contributed by atoms with Gasteiger partial charge in [0.1, 0.15) is 5.82 Å². The fourth-order valence-corrected chi connectivity index (χ4v) is 3.29. The average molecular weight is 255 g/mol. The highest BCUT2D eigenvalue weighted by atomic mass is 32.2. The topological polar surface area (TPSA) is 20.3 Å². The Labute approximate surface area is 104 Å². The largest absolute Gasteiger partial charge is 0.303 e. The zero-order valence-electron chi connectivity index (χ0n) is 9.90. The van der Waals surface area contributed by atoms with Crippen molar-refractivity contribution in [1.82, 2.24) is 4.90 Å². The molecule has 1 fully saturated rings. The van der Waals surface area contributed by atoms with Crippen molar-refractivity contribution >= 4 is 10.8 Å². The third kappa shape index (κ3) is 3.61. The highest BCUT2D eigenvalue weighted by Crippen LogP contribution is 2.13. The molecule has 0 amide bonds. The molecule has 1 saturated heterocycles. The van der Waals surface area contributed by atoms with E-state index in [2.05, 4.69) is 4.90 Å². The van der Waals surface area contributed by atoms with Crippen molar-refractivity contribution in [3.05, 3.63) is 30.1 Å². The van der Waals surface area contributed by atoms with E-state index in [1.54, 1.807) is 18.2 Å². The van der Waals surface area contributed by atoms with Crippen molar-refractivity contribution in [2.24, 2.45) is 0 Å². The minimum Gasteiger partial charge on any atom is -0.303 e. The van der Waals surface area contributed by atoms with Gasteiger partial charge in [0, 0.05) is 5.75 Å². The fourth-order valence-electron chi connectivity index (χ4n) is 2.16. The van der Waals surface area contributed by atoms with Crippen LogP contribution in [0.3, 0.4) is 0 Å². The van der Waals surface area contributed by atoms with Crippen LogP contribution in [-0.2, 0) is 10.8 Å². The zero-order valence-corrected chi connectivity index (χ0v) is 10.7. The molecule has 0 radical (unpaired) electrons. The van der Waals surface area contributed by atoms with Gasteiger partial charge in [0.2, 0.25) is 0 Å². The molecule has 1 aromatic rings. The summed E-state index contributed by atoms with van der Waals surface area (Å²) in [5.74, 6) is 0.198. The van der Waals surface area contributed by atoms with Crippen LogP contribution in [-0.4, -0.2) is 34.5 Å². The van der Waals surface area contributed by atoms with Gasteiger partial charge in [-0.1, -0.05) is 12.1 Å². The van der Waals surface area contributed by atoms with Crippen LogP contribution in [0, 0.1) is 5.82 Å². The number of halogens is 1. The van der Waals surface area contributed by atoms with E-state index in [0.29, 0.717) is 10.6 Å². The lowest BCUT2D eigenvalue weighted by atomic mass is 10.3. The van der Waals surface area contributed by atoms with Crippen molar-refractivity contribution in [3.8, 4) is 0 Å². The molecule has 94 valence electrons. The van der Waals surface area contributed by atoms with E-state index >= 15 is 0 Å². The maximum atomic E-state index is 13.4.